The van der Waals surface area contributed by atoms with E-state index in [1.165, 1.54) is 0 Å². The van der Waals surface area contributed by atoms with E-state index in [9.17, 15) is 0 Å². The molecule has 228 valence electrons. The second-order valence-electron chi connectivity index (χ2n) is 11.8. The van der Waals surface area contributed by atoms with Gasteiger partial charge in [0.1, 0.15) is 0 Å². The van der Waals surface area contributed by atoms with Gasteiger partial charge in [-0.05, 0) is 0 Å². The molecule has 0 spiro atoms. The van der Waals surface area contributed by atoms with E-state index in [0.29, 0.717) is 17.8 Å². The van der Waals surface area contributed by atoms with Gasteiger partial charge in [-0.25, -0.2) is 0 Å². The predicted molar refractivity (Wildman–Crippen MR) is 177 cm³/mol. The zero-order chi connectivity index (χ0) is 31.9. The average Bonchev–Trinajstić information content (AvgIpc) is 2.75. The van der Waals surface area contributed by atoms with Gasteiger partial charge >= 0.3 is 258 Å². The molecule has 0 radical (unpaired) electrons. The molecule has 0 aliphatic heterocycles. The van der Waals surface area contributed by atoms with Crippen LogP contribution in [0.15, 0.2) is 48.5 Å². The number of rotatable bonds is 4. The van der Waals surface area contributed by atoms with Crippen LogP contribution >= 0.6 is 0 Å². The summed E-state index contributed by atoms with van der Waals surface area (Å²) in [5, 5.41) is 0. The molecule has 0 bridgehead atoms. The van der Waals surface area contributed by atoms with Crippen LogP contribution in [0.1, 0.15) is 66.8 Å². The molecule has 0 nitrogen and oxygen atoms in total. The van der Waals surface area contributed by atoms with Gasteiger partial charge in [0, 0.05) is 0 Å². The van der Waals surface area contributed by atoms with Gasteiger partial charge in [-0.3, -0.25) is 0 Å². The maximum absolute atomic E-state index is 15.4. The molecule has 0 amide bonds. The summed E-state index contributed by atoms with van der Waals surface area (Å²) < 4.78 is 62.6. The van der Waals surface area contributed by atoms with Crippen LogP contribution in [0, 0.1) is 83.1 Å². The first-order valence-corrected chi connectivity index (χ1v) is 20.1. The van der Waals surface area contributed by atoms with Crippen molar-refractivity contribution in [1.29, 1.82) is 0 Å². The summed E-state index contributed by atoms with van der Waals surface area (Å²) in [5.41, 5.74) is 9.92. The van der Waals surface area contributed by atoms with Crippen molar-refractivity contribution < 1.29 is 14.2 Å². The summed E-state index contributed by atoms with van der Waals surface area (Å²) >= 11 is -9.79. The van der Waals surface area contributed by atoms with Crippen molar-refractivity contribution in [3.63, 3.8) is 0 Å². The van der Waals surface area contributed by atoms with E-state index in [4.69, 9.17) is 0 Å². The molecule has 0 aliphatic carbocycles. The number of benzene rings is 4. The molecule has 4 aromatic rings. The Morgan fingerprint density at radius 3 is 0.524 bits per heavy atom. The summed E-state index contributed by atoms with van der Waals surface area (Å²) in [7, 11) is 0. The first-order chi connectivity index (χ1) is 19.3. The molecule has 4 aromatic carbocycles. The number of hydrogen-bond acceptors (Lipinski definition) is 0. The monoisotopic (exact) mass is 712 g/mol. The third-order valence-electron chi connectivity index (χ3n) is 7.44. The predicted octanol–water partition coefficient (Wildman–Crippen LogP) is 8.07. The van der Waals surface area contributed by atoms with E-state index < -0.39 is 27.5 Å². The van der Waals surface area contributed by atoms with Gasteiger partial charge in [-0.1, -0.05) is 0 Å². The Morgan fingerprint density at radius 2 is 0.405 bits per heavy atom. The Morgan fingerprint density at radius 1 is 0.286 bits per heavy atom. The zero-order valence-corrected chi connectivity index (χ0v) is 30.4. The van der Waals surface area contributed by atoms with Crippen molar-refractivity contribution in [2.75, 3.05) is 0 Å². The average molecular weight is 711 g/mol. The van der Waals surface area contributed by atoms with Crippen LogP contribution in [0.4, 0.5) is 14.2 Å². The fourth-order valence-corrected chi connectivity index (χ4v) is 15.1. The van der Waals surface area contributed by atoms with E-state index in [1.54, 1.807) is 55.4 Å². The minimum absolute atomic E-state index is 0.298. The first-order valence-electron chi connectivity index (χ1n) is 14.1. The van der Waals surface area contributed by atoms with Crippen molar-refractivity contribution >= 4 is 45.4 Å². The first kappa shape index (κ1) is 34.1. The van der Waals surface area contributed by atoms with Gasteiger partial charge in [0.05, 0.1) is 0 Å². The molecule has 6 heteroatoms. The summed E-state index contributed by atoms with van der Waals surface area (Å²) in [6, 6.07) is 14.9. The fraction of sp³-hybridized carbons (Fsp3) is 0.333. The van der Waals surface area contributed by atoms with Gasteiger partial charge in [0.25, 0.3) is 0 Å². The van der Waals surface area contributed by atoms with Crippen molar-refractivity contribution in [3.05, 3.63) is 115 Å². The molecule has 4 rings (SSSR count). The molecule has 0 unspecified atom stereocenters. The Labute approximate surface area is 256 Å². The van der Waals surface area contributed by atoms with Crippen LogP contribution in [0.2, 0.25) is 0 Å². The SMILES string of the molecule is Cc1cc(C)c([Se](F)(F)c2c(C)cc(C)cc2C)c(C)c1.Cc1cc(C)c([Se](F)(F)c2c(C)cc(C)cc2C)c(C)c1. The Kier molecular flexibility index (Phi) is 10.3. The third kappa shape index (κ3) is 6.89. The second kappa shape index (κ2) is 12.7. The van der Waals surface area contributed by atoms with Crippen LogP contribution in [-0.4, -0.2) is 27.5 Å². The van der Waals surface area contributed by atoms with Gasteiger partial charge in [-0.15, -0.1) is 0 Å². The van der Waals surface area contributed by atoms with Crippen LogP contribution in [0.3, 0.4) is 0 Å². The molecule has 0 fully saturated rings. The normalized spacial score (nSPS) is 12.6. The molecule has 0 aromatic heterocycles. The molecule has 0 heterocycles. The van der Waals surface area contributed by atoms with Crippen molar-refractivity contribution in [2.45, 2.75) is 83.1 Å². The van der Waals surface area contributed by atoms with Crippen LogP contribution < -0.4 is 17.8 Å². The van der Waals surface area contributed by atoms with Crippen molar-refractivity contribution in [1.82, 2.24) is 0 Å². The van der Waals surface area contributed by atoms with Gasteiger partial charge in [0.2, 0.25) is 0 Å². The molecule has 42 heavy (non-hydrogen) atoms. The van der Waals surface area contributed by atoms with E-state index >= 15 is 14.2 Å². The number of hydrogen-bond donors (Lipinski definition) is 0. The van der Waals surface area contributed by atoms with E-state index in [0.717, 1.165) is 66.8 Å². The molecular formula is C36H44F4Se2. The van der Waals surface area contributed by atoms with E-state index in [1.807, 2.05) is 76.2 Å². The summed E-state index contributed by atoms with van der Waals surface area (Å²) in [6.45, 7) is 22.2. The van der Waals surface area contributed by atoms with Crippen LogP contribution in [0.25, 0.3) is 0 Å². The molecule has 0 N–H and O–H groups in total. The van der Waals surface area contributed by atoms with Gasteiger partial charge < -0.3 is 0 Å². The summed E-state index contributed by atoms with van der Waals surface area (Å²) in [6.07, 6.45) is 0. The Balaban J connectivity index is 0.000000230. The minimum atomic E-state index is -4.89. The number of halogens is 4. The van der Waals surface area contributed by atoms with Gasteiger partial charge in [0.15, 0.2) is 0 Å². The standard InChI is InChI=1S/2C18H22F2Se/c2*1-11-7-13(3)17(14(4)8-11)21(19,20)18-15(5)9-12(2)10-16(18)6/h2*7-10H,1-6H3. The molecule has 0 atom stereocenters. The maximum atomic E-state index is 15.4. The van der Waals surface area contributed by atoms with Gasteiger partial charge in [-0.2, -0.15) is 0 Å². The van der Waals surface area contributed by atoms with Crippen LogP contribution in [-0.2, 0) is 0 Å². The molecular weight excluding hydrogens is 666 g/mol. The van der Waals surface area contributed by atoms with E-state index in [-0.39, 0.29) is 0 Å². The Hall–Kier alpha value is -2.36. The molecule has 0 saturated carbocycles. The quantitative estimate of drug-likeness (QED) is 0.149. The fourth-order valence-electron chi connectivity index (χ4n) is 6.49. The zero-order valence-electron chi connectivity index (χ0n) is 26.9. The molecule has 0 saturated heterocycles. The topological polar surface area (TPSA) is 0 Å². The van der Waals surface area contributed by atoms with E-state index in [2.05, 4.69) is 0 Å². The third-order valence-corrected chi connectivity index (χ3v) is 17.2. The van der Waals surface area contributed by atoms with Crippen molar-refractivity contribution in [3.8, 4) is 0 Å². The summed E-state index contributed by atoms with van der Waals surface area (Å²) in [4.78, 5) is 0. The summed E-state index contributed by atoms with van der Waals surface area (Å²) in [5.74, 6) is 0. The Bertz CT molecular complexity index is 1320. The second-order valence-corrected chi connectivity index (χ2v) is 19.2. The van der Waals surface area contributed by atoms with Crippen LogP contribution in [0.5, 0.6) is 0 Å². The van der Waals surface area contributed by atoms with Crippen molar-refractivity contribution in [2.24, 2.45) is 0 Å². The number of aryl methyl sites for hydroxylation is 12. The molecule has 0 aliphatic rings.